The number of unbranched alkanes of at least 4 members (excludes halogenated alkanes) is 2. The van der Waals surface area contributed by atoms with E-state index in [1.165, 1.54) is 19.1 Å². The van der Waals surface area contributed by atoms with E-state index in [0.717, 1.165) is 36.8 Å². The molecule has 0 atom stereocenters. The second kappa shape index (κ2) is 8.90. The molecule has 0 aliphatic heterocycles. The van der Waals surface area contributed by atoms with E-state index < -0.39 is 11.6 Å². The van der Waals surface area contributed by atoms with Crippen LogP contribution in [0.5, 0.6) is 0 Å². The van der Waals surface area contributed by atoms with Gasteiger partial charge in [0.05, 0.1) is 0 Å². The maximum Gasteiger partial charge on any atom is 0.130 e. The molecule has 2 aromatic carbocycles. The second-order valence-corrected chi connectivity index (χ2v) is 5.65. The van der Waals surface area contributed by atoms with Crippen LogP contribution in [0.1, 0.15) is 48.4 Å². The Bertz CT molecular complexity index is 786. The van der Waals surface area contributed by atoms with Crippen LogP contribution in [0.4, 0.5) is 8.78 Å². The summed E-state index contributed by atoms with van der Waals surface area (Å²) in [5.74, 6) is 10.9. The summed E-state index contributed by atoms with van der Waals surface area (Å²) in [7, 11) is 0. The summed E-state index contributed by atoms with van der Waals surface area (Å²) < 4.78 is 27.0. The van der Waals surface area contributed by atoms with Crippen molar-refractivity contribution >= 4 is 0 Å². The Labute approximate surface area is 142 Å². The number of halogens is 2. The molecule has 0 fully saturated rings. The minimum Gasteiger partial charge on any atom is -0.207 e. The van der Waals surface area contributed by atoms with Gasteiger partial charge in [-0.25, -0.2) is 8.78 Å². The number of hydrogen-bond acceptors (Lipinski definition) is 0. The van der Waals surface area contributed by atoms with Crippen LogP contribution in [0, 0.1) is 42.2 Å². The number of benzene rings is 2. The molecule has 0 heterocycles. The maximum atomic E-state index is 13.5. The molecule has 0 saturated heterocycles. The van der Waals surface area contributed by atoms with Crippen molar-refractivity contribution in [1.82, 2.24) is 0 Å². The zero-order valence-electron chi connectivity index (χ0n) is 14.0. The van der Waals surface area contributed by atoms with Gasteiger partial charge in [-0.05, 0) is 43.2 Å². The quantitative estimate of drug-likeness (QED) is 0.523. The van der Waals surface area contributed by atoms with Crippen LogP contribution in [-0.2, 0) is 6.42 Å². The first kappa shape index (κ1) is 17.8. The molecule has 0 aromatic heterocycles. The molecule has 0 aliphatic rings. The van der Waals surface area contributed by atoms with E-state index in [0.29, 0.717) is 5.56 Å². The van der Waals surface area contributed by atoms with Gasteiger partial charge in [-0.2, -0.15) is 0 Å². The minimum absolute atomic E-state index is 0.0185. The van der Waals surface area contributed by atoms with Crippen molar-refractivity contribution < 1.29 is 8.78 Å². The summed E-state index contributed by atoms with van der Waals surface area (Å²) in [6.07, 6.45) is 3.98. The smallest absolute Gasteiger partial charge is 0.130 e. The lowest BCUT2D eigenvalue weighted by molar-refractivity contribution is 0.567. The second-order valence-electron chi connectivity index (χ2n) is 5.65. The first-order valence-corrected chi connectivity index (χ1v) is 8.12. The van der Waals surface area contributed by atoms with Crippen molar-refractivity contribution in [3.8, 4) is 23.7 Å². The average Bonchev–Trinajstić information content (AvgIpc) is 2.58. The van der Waals surface area contributed by atoms with Crippen LogP contribution >= 0.6 is 0 Å². The van der Waals surface area contributed by atoms with Crippen molar-refractivity contribution in [2.45, 2.75) is 39.5 Å². The highest BCUT2D eigenvalue weighted by molar-refractivity contribution is 5.44. The fourth-order valence-corrected chi connectivity index (χ4v) is 2.09. The normalized spacial score (nSPS) is 9.67. The summed E-state index contributed by atoms with van der Waals surface area (Å²) in [6.45, 7) is 3.56. The van der Waals surface area contributed by atoms with Crippen LogP contribution in [0.3, 0.4) is 0 Å². The molecule has 2 rings (SSSR count). The van der Waals surface area contributed by atoms with Gasteiger partial charge in [0.2, 0.25) is 0 Å². The van der Waals surface area contributed by atoms with E-state index in [-0.39, 0.29) is 5.56 Å². The Hall–Kier alpha value is -2.58. The topological polar surface area (TPSA) is 0 Å². The third-order valence-electron chi connectivity index (χ3n) is 3.66. The zero-order chi connectivity index (χ0) is 17.4. The van der Waals surface area contributed by atoms with Gasteiger partial charge in [0.1, 0.15) is 11.6 Å². The summed E-state index contributed by atoms with van der Waals surface area (Å²) in [4.78, 5) is 0. The van der Waals surface area contributed by atoms with Gasteiger partial charge in [0.25, 0.3) is 0 Å². The number of hydrogen-bond donors (Lipinski definition) is 0. The maximum absolute atomic E-state index is 13.5. The number of rotatable bonds is 3. The Morgan fingerprint density at radius 1 is 0.875 bits per heavy atom. The molecule has 122 valence electrons. The fraction of sp³-hybridized carbons (Fsp3) is 0.273. The van der Waals surface area contributed by atoms with Crippen LogP contribution < -0.4 is 0 Å². The lowest BCUT2D eigenvalue weighted by Crippen LogP contribution is -1.90. The van der Waals surface area contributed by atoms with Crippen molar-refractivity contribution in [2.75, 3.05) is 0 Å². The van der Waals surface area contributed by atoms with Crippen LogP contribution in [0.15, 0.2) is 36.4 Å². The van der Waals surface area contributed by atoms with E-state index in [9.17, 15) is 8.78 Å². The van der Waals surface area contributed by atoms with Crippen LogP contribution in [0.25, 0.3) is 0 Å². The van der Waals surface area contributed by atoms with Gasteiger partial charge in [-0.3, -0.25) is 0 Å². The first-order valence-electron chi connectivity index (χ1n) is 8.12. The van der Waals surface area contributed by atoms with Gasteiger partial charge in [-0.15, -0.1) is 5.92 Å². The van der Waals surface area contributed by atoms with E-state index in [4.69, 9.17) is 0 Å². The molecule has 0 bridgehead atoms. The lowest BCUT2D eigenvalue weighted by atomic mass is 10.1. The van der Waals surface area contributed by atoms with E-state index in [2.05, 4.69) is 30.6 Å². The third kappa shape index (κ3) is 5.25. The third-order valence-corrected chi connectivity index (χ3v) is 3.66. The van der Waals surface area contributed by atoms with Crippen molar-refractivity contribution in [1.29, 1.82) is 0 Å². The molecular weight excluding hydrogens is 302 g/mol. The standard InChI is InChI=1S/C22H20F2/c1-3-4-5-6-7-8-18-9-11-19(12-10-18)13-14-20-15-21(23)17(2)22(24)16-20/h9-12,15-16H,3-5,8H2,1-2H3. The highest BCUT2D eigenvalue weighted by Gasteiger charge is 2.04. The molecule has 0 aliphatic carbocycles. The zero-order valence-corrected chi connectivity index (χ0v) is 14.0. The Balaban J connectivity index is 2.03. The Morgan fingerprint density at radius 3 is 2.12 bits per heavy atom. The molecule has 0 spiro atoms. The minimum atomic E-state index is -0.573. The highest BCUT2D eigenvalue weighted by atomic mass is 19.1. The molecule has 2 aromatic rings. The van der Waals surface area contributed by atoms with Crippen LogP contribution in [0.2, 0.25) is 0 Å². The summed E-state index contributed by atoms with van der Waals surface area (Å²) in [5.41, 5.74) is 2.29. The molecule has 0 amide bonds. The van der Waals surface area contributed by atoms with Gasteiger partial charge in [0.15, 0.2) is 0 Å². The van der Waals surface area contributed by atoms with Gasteiger partial charge in [-0.1, -0.05) is 43.2 Å². The van der Waals surface area contributed by atoms with E-state index in [1.807, 2.05) is 24.3 Å². The summed E-state index contributed by atoms with van der Waals surface area (Å²) in [5, 5.41) is 0. The van der Waals surface area contributed by atoms with E-state index in [1.54, 1.807) is 0 Å². The molecule has 24 heavy (non-hydrogen) atoms. The van der Waals surface area contributed by atoms with Crippen molar-refractivity contribution in [2.24, 2.45) is 0 Å². The molecule has 2 heteroatoms. The molecule has 0 radical (unpaired) electrons. The van der Waals surface area contributed by atoms with Gasteiger partial charge in [0, 0.05) is 29.5 Å². The van der Waals surface area contributed by atoms with E-state index >= 15 is 0 Å². The summed E-state index contributed by atoms with van der Waals surface area (Å²) >= 11 is 0. The van der Waals surface area contributed by atoms with Crippen LogP contribution in [-0.4, -0.2) is 0 Å². The fourth-order valence-electron chi connectivity index (χ4n) is 2.09. The highest BCUT2D eigenvalue weighted by Crippen LogP contribution is 2.13. The van der Waals surface area contributed by atoms with Gasteiger partial charge < -0.3 is 0 Å². The molecule has 0 saturated carbocycles. The largest absolute Gasteiger partial charge is 0.207 e. The van der Waals surface area contributed by atoms with Crippen molar-refractivity contribution in [3.05, 3.63) is 70.3 Å². The SMILES string of the molecule is CCCCC#CCc1ccc(C#Cc2cc(F)c(C)c(F)c2)cc1. The predicted molar refractivity (Wildman–Crippen MR) is 94.5 cm³/mol. The lowest BCUT2D eigenvalue weighted by Gasteiger charge is -1.99. The average molecular weight is 322 g/mol. The molecule has 0 nitrogen and oxygen atoms in total. The Morgan fingerprint density at radius 2 is 1.50 bits per heavy atom. The van der Waals surface area contributed by atoms with Gasteiger partial charge >= 0.3 is 0 Å². The first-order chi connectivity index (χ1) is 11.6. The van der Waals surface area contributed by atoms with Crippen molar-refractivity contribution in [3.63, 3.8) is 0 Å². The predicted octanol–water partition coefficient (Wildman–Crippen LogP) is 5.41. The Kier molecular flexibility index (Phi) is 6.59. The molecular formula is C22H20F2. The summed E-state index contributed by atoms with van der Waals surface area (Å²) in [6, 6.07) is 10.3. The molecule has 0 N–H and O–H groups in total. The molecule has 0 unspecified atom stereocenters. The monoisotopic (exact) mass is 322 g/mol.